The number of benzene rings is 1. The third-order valence-electron chi connectivity index (χ3n) is 6.49. The molecule has 0 saturated carbocycles. The Bertz CT molecular complexity index is 1240. The predicted octanol–water partition coefficient (Wildman–Crippen LogP) is 4.80. The quantitative estimate of drug-likeness (QED) is 0.524. The minimum absolute atomic E-state index is 0.194. The van der Waals surface area contributed by atoms with Gasteiger partial charge in [0.05, 0.1) is 11.7 Å². The fraction of sp³-hybridized carbons (Fsp3) is 0.333. The highest BCUT2D eigenvalue weighted by Gasteiger charge is 2.22. The second kappa shape index (κ2) is 6.97. The van der Waals surface area contributed by atoms with Crippen molar-refractivity contribution in [3.63, 3.8) is 0 Å². The number of pyridine rings is 2. The summed E-state index contributed by atoms with van der Waals surface area (Å²) in [7, 11) is 0. The van der Waals surface area contributed by atoms with Crippen molar-refractivity contribution in [3.05, 3.63) is 59.7 Å². The first kappa shape index (κ1) is 17.7. The van der Waals surface area contributed by atoms with Crippen LogP contribution in [0.15, 0.2) is 42.6 Å². The molecule has 0 bridgehead atoms. The van der Waals surface area contributed by atoms with Gasteiger partial charge < -0.3 is 14.8 Å². The number of piperidine rings is 1. The summed E-state index contributed by atoms with van der Waals surface area (Å²) < 4.78 is 13.8. The van der Waals surface area contributed by atoms with Gasteiger partial charge in [-0.15, -0.1) is 0 Å². The number of anilines is 2. The van der Waals surface area contributed by atoms with E-state index in [1.165, 1.54) is 36.6 Å². The highest BCUT2D eigenvalue weighted by atomic mass is 19.1. The van der Waals surface area contributed by atoms with Crippen molar-refractivity contribution in [1.29, 1.82) is 0 Å². The Kier molecular flexibility index (Phi) is 4.11. The van der Waals surface area contributed by atoms with Crippen LogP contribution in [-0.2, 0) is 13.0 Å². The summed E-state index contributed by atoms with van der Waals surface area (Å²) in [5.41, 5.74) is 4.31. The van der Waals surface area contributed by atoms with Crippen molar-refractivity contribution in [2.75, 3.05) is 29.4 Å². The summed E-state index contributed by atoms with van der Waals surface area (Å²) in [5, 5.41) is 2.10. The number of hydrogen-bond donors (Lipinski definition) is 1. The molecule has 1 N–H and O–H groups in total. The van der Waals surface area contributed by atoms with E-state index in [9.17, 15) is 4.39 Å². The molecule has 0 amide bonds. The van der Waals surface area contributed by atoms with E-state index in [1.54, 1.807) is 6.07 Å². The zero-order valence-electron chi connectivity index (χ0n) is 16.9. The summed E-state index contributed by atoms with van der Waals surface area (Å²) in [6, 6.07) is 11.4. The van der Waals surface area contributed by atoms with Crippen molar-refractivity contribution in [3.8, 4) is 0 Å². The summed E-state index contributed by atoms with van der Waals surface area (Å²) in [5.74, 6) is 1.81. The van der Waals surface area contributed by atoms with Crippen LogP contribution in [0.5, 0.6) is 0 Å². The maximum absolute atomic E-state index is 13.8. The Morgan fingerprint density at radius 2 is 1.80 bits per heavy atom. The largest absolute Gasteiger partial charge is 0.358 e. The highest BCUT2D eigenvalue weighted by Crippen LogP contribution is 2.31. The Morgan fingerprint density at radius 3 is 2.70 bits per heavy atom. The highest BCUT2D eigenvalue weighted by molar-refractivity contribution is 5.86. The number of halogens is 1. The molecule has 6 rings (SSSR count). The molecule has 152 valence electrons. The molecule has 1 fully saturated rings. The molecular weight excluding hydrogens is 377 g/mol. The van der Waals surface area contributed by atoms with Crippen LogP contribution >= 0.6 is 0 Å². The van der Waals surface area contributed by atoms with Crippen LogP contribution in [0.4, 0.5) is 16.0 Å². The molecule has 1 saturated heterocycles. The molecule has 5 heterocycles. The Balaban J connectivity index is 1.31. The first-order valence-corrected chi connectivity index (χ1v) is 10.8. The topological polar surface area (TPSA) is 48.1 Å². The van der Waals surface area contributed by atoms with Crippen molar-refractivity contribution in [2.24, 2.45) is 0 Å². The molecule has 4 aromatic rings. The summed E-state index contributed by atoms with van der Waals surface area (Å²) in [4.78, 5) is 17.7. The van der Waals surface area contributed by atoms with Crippen molar-refractivity contribution < 1.29 is 4.39 Å². The summed E-state index contributed by atoms with van der Waals surface area (Å²) in [6.07, 6.45) is 6.60. The van der Waals surface area contributed by atoms with E-state index >= 15 is 0 Å². The Morgan fingerprint density at radius 1 is 0.900 bits per heavy atom. The lowest BCUT2D eigenvalue weighted by atomic mass is 10.0. The van der Waals surface area contributed by atoms with Crippen LogP contribution in [0.1, 0.15) is 30.5 Å². The lowest BCUT2D eigenvalue weighted by Crippen LogP contribution is -2.31. The molecule has 1 aromatic carbocycles. The maximum atomic E-state index is 13.8. The third kappa shape index (κ3) is 2.98. The average molecular weight is 401 g/mol. The monoisotopic (exact) mass is 401 g/mol. The van der Waals surface area contributed by atoms with Crippen LogP contribution in [0.25, 0.3) is 21.8 Å². The number of aromatic amines is 1. The van der Waals surface area contributed by atoms with E-state index in [0.717, 1.165) is 66.0 Å². The van der Waals surface area contributed by atoms with E-state index in [2.05, 4.69) is 33.0 Å². The van der Waals surface area contributed by atoms with Crippen LogP contribution in [0.3, 0.4) is 0 Å². The van der Waals surface area contributed by atoms with Gasteiger partial charge in [-0.2, -0.15) is 0 Å². The number of rotatable bonds is 2. The fourth-order valence-electron chi connectivity index (χ4n) is 4.86. The lowest BCUT2D eigenvalue weighted by Gasteiger charge is -2.29. The van der Waals surface area contributed by atoms with Crippen molar-refractivity contribution in [1.82, 2.24) is 15.0 Å². The normalized spacial score (nSPS) is 17.0. The molecule has 0 unspecified atom stereocenters. The first-order valence-electron chi connectivity index (χ1n) is 10.8. The SMILES string of the molecule is Fc1ccc2[nH]c3c(c2c1)CN(c1ccc2cc(N4CCCCC4)ncc2n1)CC3. The smallest absolute Gasteiger partial charge is 0.129 e. The van der Waals surface area contributed by atoms with Gasteiger partial charge in [-0.3, -0.25) is 0 Å². The minimum Gasteiger partial charge on any atom is -0.358 e. The van der Waals surface area contributed by atoms with Gasteiger partial charge in [-0.1, -0.05) is 0 Å². The van der Waals surface area contributed by atoms with Crippen molar-refractivity contribution >= 4 is 33.4 Å². The summed E-state index contributed by atoms with van der Waals surface area (Å²) >= 11 is 0. The zero-order valence-corrected chi connectivity index (χ0v) is 16.9. The molecule has 30 heavy (non-hydrogen) atoms. The molecule has 6 heteroatoms. The zero-order chi connectivity index (χ0) is 20.1. The first-order chi connectivity index (χ1) is 14.7. The van der Waals surface area contributed by atoms with Crippen LogP contribution in [0, 0.1) is 5.82 Å². The molecule has 0 atom stereocenters. The number of aromatic nitrogens is 3. The predicted molar refractivity (Wildman–Crippen MR) is 119 cm³/mol. The fourth-order valence-corrected chi connectivity index (χ4v) is 4.86. The molecular formula is C24H24FN5. The van der Waals surface area contributed by atoms with Gasteiger partial charge in [-0.25, -0.2) is 14.4 Å². The third-order valence-corrected chi connectivity index (χ3v) is 6.49. The van der Waals surface area contributed by atoms with E-state index in [1.807, 2.05) is 12.3 Å². The van der Waals surface area contributed by atoms with Crippen LogP contribution in [-0.4, -0.2) is 34.6 Å². The van der Waals surface area contributed by atoms with E-state index in [4.69, 9.17) is 9.97 Å². The molecule has 0 radical (unpaired) electrons. The maximum Gasteiger partial charge on any atom is 0.129 e. The van der Waals surface area contributed by atoms with E-state index < -0.39 is 0 Å². The van der Waals surface area contributed by atoms with Gasteiger partial charge in [0.2, 0.25) is 0 Å². The van der Waals surface area contributed by atoms with Gasteiger partial charge in [0.1, 0.15) is 17.5 Å². The number of fused-ring (bicyclic) bond motifs is 4. The molecule has 2 aliphatic heterocycles. The number of nitrogens with zero attached hydrogens (tertiary/aromatic N) is 4. The molecule has 2 aliphatic rings. The van der Waals surface area contributed by atoms with Crippen LogP contribution in [0.2, 0.25) is 0 Å². The Hall–Kier alpha value is -3.15. The molecule has 5 nitrogen and oxygen atoms in total. The van der Waals surface area contributed by atoms with Gasteiger partial charge in [-0.05, 0) is 55.7 Å². The molecule has 3 aromatic heterocycles. The van der Waals surface area contributed by atoms with Gasteiger partial charge in [0, 0.05) is 60.1 Å². The Labute approximate surface area is 174 Å². The average Bonchev–Trinajstić information content (AvgIpc) is 3.16. The minimum atomic E-state index is -0.194. The standard InChI is InChI=1S/C24H24FN5/c25-17-5-6-20-18(13-17)19-15-30(11-8-21(19)27-20)23-7-4-16-12-24(26-14-22(16)28-23)29-9-2-1-3-10-29/h4-7,12-14,27H,1-3,8-11,15H2. The van der Waals surface area contributed by atoms with Gasteiger partial charge in [0.25, 0.3) is 0 Å². The number of H-pyrrole nitrogens is 1. The number of nitrogens with one attached hydrogen (secondary N) is 1. The van der Waals surface area contributed by atoms with E-state index in [-0.39, 0.29) is 5.82 Å². The van der Waals surface area contributed by atoms with Crippen LogP contribution < -0.4 is 9.80 Å². The summed E-state index contributed by atoms with van der Waals surface area (Å²) in [6.45, 7) is 3.80. The van der Waals surface area contributed by atoms with E-state index in [0.29, 0.717) is 0 Å². The lowest BCUT2D eigenvalue weighted by molar-refractivity contribution is 0.574. The number of hydrogen-bond acceptors (Lipinski definition) is 4. The van der Waals surface area contributed by atoms with Crippen molar-refractivity contribution in [2.45, 2.75) is 32.2 Å². The second-order valence-electron chi connectivity index (χ2n) is 8.40. The second-order valence-corrected chi connectivity index (χ2v) is 8.40. The van der Waals surface area contributed by atoms with Gasteiger partial charge >= 0.3 is 0 Å². The van der Waals surface area contributed by atoms with Gasteiger partial charge in [0.15, 0.2) is 0 Å². The molecule has 0 aliphatic carbocycles. The molecule has 0 spiro atoms.